The topological polar surface area (TPSA) is 47.8 Å². The number of rotatable bonds is 4. The highest BCUT2D eigenvalue weighted by Crippen LogP contribution is 2.11. The van der Waals surface area contributed by atoms with Crippen LogP contribution in [0.3, 0.4) is 0 Å². The van der Waals surface area contributed by atoms with E-state index < -0.39 is 0 Å². The maximum Gasteiger partial charge on any atom is 0.164 e. The van der Waals surface area contributed by atoms with E-state index in [-0.39, 0.29) is 11.6 Å². The first kappa shape index (κ1) is 12.5. The molecule has 100 valence electrons. The van der Waals surface area contributed by atoms with Crippen LogP contribution in [-0.2, 0) is 6.54 Å². The van der Waals surface area contributed by atoms with Crippen molar-refractivity contribution in [2.75, 3.05) is 0 Å². The predicted molar refractivity (Wildman–Crippen MR) is 72.9 cm³/mol. The second-order valence-electron chi connectivity index (χ2n) is 4.48. The summed E-state index contributed by atoms with van der Waals surface area (Å²) in [7, 11) is 0. The van der Waals surface area contributed by atoms with Crippen LogP contribution in [0.2, 0.25) is 0 Å². The molecule has 0 saturated carbocycles. The fourth-order valence-corrected chi connectivity index (χ4v) is 2.07. The molecule has 1 aromatic heterocycles. The zero-order chi connectivity index (χ0) is 13.9. The molecule has 0 saturated heterocycles. The summed E-state index contributed by atoms with van der Waals surface area (Å²) in [5.74, 6) is -0.381. The molecular formula is C15H12FN3O. The number of benzene rings is 2. The van der Waals surface area contributed by atoms with Crippen molar-refractivity contribution in [3.63, 3.8) is 0 Å². The molecule has 2 aromatic carbocycles. The number of aromatic nitrogens is 3. The van der Waals surface area contributed by atoms with Crippen LogP contribution in [0.4, 0.5) is 4.39 Å². The van der Waals surface area contributed by atoms with Crippen LogP contribution in [0.15, 0.2) is 48.5 Å². The Bertz CT molecular complexity index is 749. The molecule has 0 aliphatic heterocycles. The number of hydrogen-bond donors (Lipinski definition) is 0. The third kappa shape index (κ3) is 2.42. The summed E-state index contributed by atoms with van der Waals surface area (Å²) in [5, 5.41) is 8.06. The summed E-state index contributed by atoms with van der Waals surface area (Å²) in [4.78, 5) is 12.0. The number of carbonyl (C=O) groups is 1. The van der Waals surface area contributed by atoms with E-state index in [9.17, 15) is 9.18 Å². The quantitative estimate of drug-likeness (QED) is 0.684. The van der Waals surface area contributed by atoms with E-state index >= 15 is 0 Å². The molecule has 1 heterocycles. The number of fused-ring (bicyclic) bond motifs is 1. The Labute approximate surface area is 114 Å². The number of hydrogen-bond acceptors (Lipinski definition) is 3. The lowest BCUT2D eigenvalue weighted by molar-refractivity contribution is 0.0976. The van der Waals surface area contributed by atoms with Gasteiger partial charge in [0, 0.05) is 12.0 Å². The van der Waals surface area contributed by atoms with Crippen LogP contribution in [0.5, 0.6) is 0 Å². The summed E-state index contributed by atoms with van der Waals surface area (Å²) in [6, 6.07) is 13.2. The van der Waals surface area contributed by atoms with E-state index in [0.717, 1.165) is 11.0 Å². The Morgan fingerprint density at radius 3 is 2.65 bits per heavy atom. The third-order valence-corrected chi connectivity index (χ3v) is 3.14. The molecule has 3 aromatic rings. The molecule has 0 fully saturated rings. The van der Waals surface area contributed by atoms with Crippen LogP contribution in [0, 0.1) is 5.82 Å². The van der Waals surface area contributed by atoms with Crippen molar-refractivity contribution in [1.29, 1.82) is 0 Å². The molecule has 0 N–H and O–H groups in total. The van der Waals surface area contributed by atoms with Gasteiger partial charge in [-0.05, 0) is 36.4 Å². The highest BCUT2D eigenvalue weighted by molar-refractivity contribution is 5.96. The first-order valence-corrected chi connectivity index (χ1v) is 6.31. The van der Waals surface area contributed by atoms with Gasteiger partial charge in [0.1, 0.15) is 11.3 Å². The Kier molecular flexibility index (Phi) is 3.25. The van der Waals surface area contributed by atoms with Gasteiger partial charge in [-0.1, -0.05) is 17.3 Å². The Morgan fingerprint density at radius 2 is 1.85 bits per heavy atom. The molecular weight excluding hydrogens is 257 g/mol. The highest BCUT2D eigenvalue weighted by Gasteiger charge is 2.08. The van der Waals surface area contributed by atoms with Gasteiger partial charge in [0.2, 0.25) is 0 Å². The maximum absolute atomic E-state index is 12.8. The molecule has 0 atom stereocenters. The number of para-hydroxylation sites is 1. The van der Waals surface area contributed by atoms with Gasteiger partial charge in [-0.15, -0.1) is 5.10 Å². The number of Topliss-reactive ketones (excluding diaryl/α,β-unsaturated/α-hetero) is 1. The lowest BCUT2D eigenvalue weighted by Gasteiger charge is -2.02. The van der Waals surface area contributed by atoms with Gasteiger partial charge >= 0.3 is 0 Å². The van der Waals surface area contributed by atoms with E-state index in [1.54, 1.807) is 4.68 Å². The van der Waals surface area contributed by atoms with Gasteiger partial charge in [-0.2, -0.15) is 0 Å². The summed E-state index contributed by atoms with van der Waals surface area (Å²) < 4.78 is 14.5. The fraction of sp³-hybridized carbons (Fsp3) is 0.133. The van der Waals surface area contributed by atoms with Crippen molar-refractivity contribution in [1.82, 2.24) is 15.0 Å². The van der Waals surface area contributed by atoms with Crippen LogP contribution < -0.4 is 0 Å². The van der Waals surface area contributed by atoms with E-state index in [2.05, 4.69) is 10.3 Å². The number of nitrogens with zero attached hydrogens (tertiary/aromatic N) is 3. The van der Waals surface area contributed by atoms with Crippen LogP contribution in [0.1, 0.15) is 16.8 Å². The second-order valence-corrected chi connectivity index (χ2v) is 4.48. The van der Waals surface area contributed by atoms with Crippen LogP contribution >= 0.6 is 0 Å². The van der Waals surface area contributed by atoms with Crippen molar-refractivity contribution >= 4 is 16.8 Å². The van der Waals surface area contributed by atoms with E-state index in [4.69, 9.17) is 0 Å². The van der Waals surface area contributed by atoms with Crippen molar-refractivity contribution in [2.24, 2.45) is 0 Å². The minimum absolute atomic E-state index is 0.0374. The molecule has 20 heavy (non-hydrogen) atoms. The molecule has 0 spiro atoms. The van der Waals surface area contributed by atoms with Crippen molar-refractivity contribution in [2.45, 2.75) is 13.0 Å². The van der Waals surface area contributed by atoms with Gasteiger partial charge < -0.3 is 0 Å². The average molecular weight is 269 g/mol. The lowest BCUT2D eigenvalue weighted by atomic mass is 10.1. The molecule has 0 unspecified atom stereocenters. The largest absolute Gasteiger partial charge is 0.294 e. The standard InChI is InChI=1S/C15H12FN3O/c16-12-7-5-11(6-8-12)15(20)9-10-19-14-4-2-1-3-13(14)17-18-19/h1-8H,9-10H2. The van der Waals surface area contributed by atoms with Crippen molar-refractivity contribution in [3.8, 4) is 0 Å². The summed E-state index contributed by atoms with van der Waals surface area (Å²) in [6.07, 6.45) is 0.305. The first-order valence-electron chi connectivity index (χ1n) is 6.31. The van der Waals surface area contributed by atoms with Gasteiger partial charge in [0.05, 0.1) is 12.1 Å². The third-order valence-electron chi connectivity index (χ3n) is 3.14. The Hall–Kier alpha value is -2.56. The molecule has 3 rings (SSSR count). The number of carbonyl (C=O) groups excluding carboxylic acids is 1. The van der Waals surface area contributed by atoms with Gasteiger partial charge in [-0.3, -0.25) is 4.79 Å². The smallest absolute Gasteiger partial charge is 0.164 e. The lowest BCUT2D eigenvalue weighted by Crippen LogP contribution is -2.07. The second kappa shape index (κ2) is 5.21. The van der Waals surface area contributed by atoms with Crippen LogP contribution in [-0.4, -0.2) is 20.8 Å². The first-order chi connectivity index (χ1) is 9.74. The van der Waals surface area contributed by atoms with E-state index in [1.807, 2.05) is 24.3 Å². The maximum atomic E-state index is 12.8. The number of aryl methyl sites for hydroxylation is 1. The van der Waals surface area contributed by atoms with Gasteiger partial charge in [-0.25, -0.2) is 9.07 Å². The summed E-state index contributed by atoms with van der Waals surface area (Å²) in [6.45, 7) is 0.455. The molecule has 0 radical (unpaired) electrons. The van der Waals surface area contributed by atoms with Crippen molar-refractivity contribution in [3.05, 3.63) is 59.9 Å². The van der Waals surface area contributed by atoms with Gasteiger partial charge in [0.25, 0.3) is 0 Å². The normalized spacial score (nSPS) is 10.8. The minimum atomic E-state index is -0.344. The molecule has 0 bridgehead atoms. The Morgan fingerprint density at radius 1 is 1.10 bits per heavy atom. The number of ketones is 1. The van der Waals surface area contributed by atoms with Crippen LogP contribution in [0.25, 0.3) is 11.0 Å². The SMILES string of the molecule is O=C(CCn1nnc2ccccc21)c1ccc(F)cc1. The summed E-state index contributed by atoms with van der Waals surface area (Å²) >= 11 is 0. The summed E-state index contributed by atoms with van der Waals surface area (Å²) in [5.41, 5.74) is 2.22. The predicted octanol–water partition coefficient (Wildman–Crippen LogP) is 2.84. The van der Waals surface area contributed by atoms with Crippen molar-refractivity contribution < 1.29 is 9.18 Å². The molecule has 0 amide bonds. The molecule has 5 heteroatoms. The monoisotopic (exact) mass is 269 g/mol. The van der Waals surface area contributed by atoms with Gasteiger partial charge in [0.15, 0.2) is 5.78 Å². The molecule has 0 aliphatic carbocycles. The fourth-order valence-electron chi connectivity index (χ4n) is 2.07. The zero-order valence-electron chi connectivity index (χ0n) is 10.7. The highest BCUT2D eigenvalue weighted by atomic mass is 19.1. The number of halogens is 1. The molecule has 0 aliphatic rings. The zero-order valence-corrected chi connectivity index (χ0v) is 10.7. The van der Waals surface area contributed by atoms with E-state index in [1.165, 1.54) is 24.3 Å². The minimum Gasteiger partial charge on any atom is -0.294 e. The Balaban J connectivity index is 1.73. The average Bonchev–Trinajstić information content (AvgIpc) is 2.89. The van der Waals surface area contributed by atoms with E-state index in [0.29, 0.717) is 18.5 Å². The molecule has 4 nitrogen and oxygen atoms in total.